The van der Waals surface area contributed by atoms with Crippen LogP contribution in [0.3, 0.4) is 0 Å². The third kappa shape index (κ3) is 2.12. The van der Waals surface area contributed by atoms with Gasteiger partial charge in [0.25, 0.3) is 0 Å². The summed E-state index contributed by atoms with van der Waals surface area (Å²) in [5.41, 5.74) is 14.7. The molecule has 0 N–H and O–H groups in total. The molecule has 3 aliphatic rings. The van der Waals surface area contributed by atoms with E-state index in [0.717, 1.165) is 6.42 Å². The highest BCUT2D eigenvalue weighted by molar-refractivity contribution is 5.93. The summed E-state index contributed by atoms with van der Waals surface area (Å²) >= 11 is 0. The van der Waals surface area contributed by atoms with Gasteiger partial charge in [-0.2, -0.15) is 0 Å². The normalized spacial score (nSPS) is 21.7. The molecule has 0 aliphatic heterocycles. The van der Waals surface area contributed by atoms with E-state index in [-0.39, 0.29) is 0 Å². The number of hydrogen-bond acceptors (Lipinski definition) is 0. The van der Waals surface area contributed by atoms with Crippen molar-refractivity contribution < 1.29 is 0 Å². The molecule has 0 saturated heterocycles. The molecule has 6 rings (SSSR count). The minimum Gasteiger partial charge on any atom is -0.0619 e. The van der Waals surface area contributed by atoms with Crippen LogP contribution in [0.1, 0.15) is 66.3 Å². The first-order valence-corrected chi connectivity index (χ1v) is 10.5. The van der Waals surface area contributed by atoms with Crippen LogP contribution in [0.5, 0.6) is 0 Å². The minimum atomic E-state index is 0.498. The van der Waals surface area contributed by atoms with E-state index in [1.54, 1.807) is 5.57 Å². The molecule has 2 atom stereocenters. The standard InChI is InChI=1S/C28H24/c1-17-21-7-3-5-9-25(21)27-15-19(11-13-23(17)27)20-12-14-24-18(2)22-8-4-6-10-26(22)28(24)16-20/h3-11,13,15-18H,12,14H2,1-2H3. The third-order valence-electron chi connectivity index (χ3n) is 7.18. The van der Waals surface area contributed by atoms with Crippen LogP contribution in [0, 0.1) is 0 Å². The SMILES string of the molecule is CC1C2=C(C=C(c3ccc4c(c3)-c3ccccc3C4C)CC2)c2ccccc21. The van der Waals surface area contributed by atoms with E-state index < -0.39 is 0 Å². The van der Waals surface area contributed by atoms with Crippen LogP contribution in [-0.2, 0) is 0 Å². The molecule has 0 saturated carbocycles. The Labute approximate surface area is 167 Å². The summed E-state index contributed by atoms with van der Waals surface area (Å²) in [7, 11) is 0. The van der Waals surface area contributed by atoms with Crippen molar-refractivity contribution in [2.45, 2.75) is 38.5 Å². The zero-order valence-corrected chi connectivity index (χ0v) is 16.5. The molecular formula is C28H24. The van der Waals surface area contributed by atoms with E-state index in [1.165, 1.54) is 56.5 Å². The Hall–Kier alpha value is -2.86. The molecule has 0 amide bonds. The van der Waals surface area contributed by atoms with E-state index in [1.807, 2.05) is 0 Å². The average molecular weight is 361 g/mol. The maximum Gasteiger partial charge on any atom is 0.00733 e. The van der Waals surface area contributed by atoms with Crippen molar-refractivity contribution >= 4 is 11.1 Å². The molecule has 0 fully saturated rings. The lowest BCUT2D eigenvalue weighted by atomic mass is 9.85. The fourth-order valence-corrected chi connectivity index (χ4v) is 5.63. The van der Waals surface area contributed by atoms with Gasteiger partial charge < -0.3 is 0 Å². The number of benzene rings is 3. The summed E-state index contributed by atoms with van der Waals surface area (Å²) in [6, 6.07) is 25.0. The largest absolute Gasteiger partial charge is 0.0619 e. The molecule has 0 heterocycles. The molecule has 0 nitrogen and oxygen atoms in total. The minimum absolute atomic E-state index is 0.498. The summed E-state index contributed by atoms with van der Waals surface area (Å²) in [5.74, 6) is 1.06. The van der Waals surface area contributed by atoms with E-state index in [9.17, 15) is 0 Å². The fourth-order valence-electron chi connectivity index (χ4n) is 5.63. The number of hydrogen-bond donors (Lipinski definition) is 0. The lowest BCUT2D eigenvalue weighted by molar-refractivity contribution is 0.830. The van der Waals surface area contributed by atoms with E-state index in [0.29, 0.717) is 11.8 Å². The Morgan fingerprint density at radius 3 is 2.14 bits per heavy atom. The second-order valence-electron chi connectivity index (χ2n) is 8.53. The Kier molecular flexibility index (Phi) is 3.35. The van der Waals surface area contributed by atoms with E-state index in [2.05, 4.69) is 86.7 Å². The van der Waals surface area contributed by atoms with Gasteiger partial charge >= 0.3 is 0 Å². The van der Waals surface area contributed by atoms with Gasteiger partial charge in [0, 0.05) is 11.8 Å². The molecule has 3 aromatic rings. The summed E-state index contributed by atoms with van der Waals surface area (Å²) in [6.07, 6.45) is 4.81. The van der Waals surface area contributed by atoms with Crippen molar-refractivity contribution in [3.8, 4) is 11.1 Å². The van der Waals surface area contributed by atoms with Crippen LogP contribution in [0.4, 0.5) is 0 Å². The molecule has 0 heteroatoms. The maximum absolute atomic E-state index is 2.48. The summed E-state index contributed by atoms with van der Waals surface area (Å²) in [4.78, 5) is 0. The lowest BCUT2D eigenvalue weighted by Crippen LogP contribution is -1.99. The first kappa shape index (κ1) is 16.1. The third-order valence-corrected chi connectivity index (χ3v) is 7.18. The zero-order chi connectivity index (χ0) is 18.8. The molecule has 0 spiro atoms. The van der Waals surface area contributed by atoms with Crippen molar-refractivity contribution in [3.63, 3.8) is 0 Å². The second kappa shape index (κ2) is 5.82. The van der Waals surface area contributed by atoms with Crippen LogP contribution < -0.4 is 0 Å². The van der Waals surface area contributed by atoms with Crippen LogP contribution in [0.25, 0.3) is 22.3 Å². The number of allylic oxidation sites excluding steroid dienone is 4. The highest BCUT2D eigenvalue weighted by Crippen LogP contribution is 2.50. The Bertz CT molecular complexity index is 1190. The summed E-state index contributed by atoms with van der Waals surface area (Å²) < 4.78 is 0. The van der Waals surface area contributed by atoms with Crippen LogP contribution in [0.2, 0.25) is 0 Å². The first-order chi connectivity index (χ1) is 13.7. The Morgan fingerprint density at radius 1 is 0.643 bits per heavy atom. The quantitative estimate of drug-likeness (QED) is 0.420. The first-order valence-electron chi connectivity index (χ1n) is 10.5. The molecule has 28 heavy (non-hydrogen) atoms. The molecule has 0 aromatic heterocycles. The van der Waals surface area contributed by atoms with Crippen molar-refractivity contribution in [2.75, 3.05) is 0 Å². The molecule has 3 aromatic carbocycles. The van der Waals surface area contributed by atoms with Crippen LogP contribution >= 0.6 is 0 Å². The van der Waals surface area contributed by atoms with Gasteiger partial charge in [-0.1, -0.05) is 86.2 Å². The highest BCUT2D eigenvalue weighted by atomic mass is 14.3. The van der Waals surface area contributed by atoms with Gasteiger partial charge in [-0.05, 0) is 69.0 Å². The predicted octanol–water partition coefficient (Wildman–Crippen LogP) is 7.57. The van der Waals surface area contributed by atoms with Gasteiger partial charge in [0.05, 0.1) is 0 Å². The smallest absolute Gasteiger partial charge is 0.00733 e. The average Bonchev–Trinajstić information content (AvgIpc) is 3.20. The topological polar surface area (TPSA) is 0 Å². The lowest BCUT2D eigenvalue weighted by Gasteiger charge is -2.19. The Balaban J connectivity index is 1.47. The molecule has 0 bridgehead atoms. The zero-order valence-electron chi connectivity index (χ0n) is 16.5. The van der Waals surface area contributed by atoms with Crippen LogP contribution in [-0.4, -0.2) is 0 Å². The van der Waals surface area contributed by atoms with Gasteiger partial charge in [0.2, 0.25) is 0 Å². The van der Waals surface area contributed by atoms with Crippen molar-refractivity contribution in [3.05, 3.63) is 106 Å². The summed E-state index contributed by atoms with van der Waals surface area (Å²) in [5, 5.41) is 0. The molecule has 136 valence electrons. The van der Waals surface area contributed by atoms with Gasteiger partial charge in [0.15, 0.2) is 0 Å². The van der Waals surface area contributed by atoms with Gasteiger partial charge in [-0.25, -0.2) is 0 Å². The van der Waals surface area contributed by atoms with E-state index in [4.69, 9.17) is 0 Å². The maximum atomic E-state index is 2.48. The van der Waals surface area contributed by atoms with Gasteiger partial charge in [-0.15, -0.1) is 0 Å². The van der Waals surface area contributed by atoms with Crippen molar-refractivity contribution in [1.82, 2.24) is 0 Å². The van der Waals surface area contributed by atoms with Gasteiger partial charge in [0.1, 0.15) is 0 Å². The molecular weight excluding hydrogens is 336 g/mol. The fraction of sp³-hybridized carbons (Fsp3) is 0.214. The monoisotopic (exact) mass is 360 g/mol. The van der Waals surface area contributed by atoms with Gasteiger partial charge in [-0.3, -0.25) is 0 Å². The molecule has 0 radical (unpaired) electrons. The molecule has 3 aliphatic carbocycles. The second-order valence-corrected chi connectivity index (χ2v) is 8.53. The van der Waals surface area contributed by atoms with Crippen molar-refractivity contribution in [2.24, 2.45) is 0 Å². The van der Waals surface area contributed by atoms with Crippen LogP contribution in [0.15, 0.2) is 78.4 Å². The highest BCUT2D eigenvalue weighted by Gasteiger charge is 2.30. The summed E-state index contributed by atoms with van der Waals surface area (Å²) in [6.45, 7) is 4.70. The number of fused-ring (bicyclic) bond motifs is 5. The Morgan fingerprint density at radius 2 is 1.32 bits per heavy atom. The predicted molar refractivity (Wildman–Crippen MR) is 118 cm³/mol. The molecule has 2 unspecified atom stereocenters. The van der Waals surface area contributed by atoms with Crippen molar-refractivity contribution in [1.29, 1.82) is 0 Å². The number of rotatable bonds is 1. The van der Waals surface area contributed by atoms with E-state index >= 15 is 0 Å².